The predicted molar refractivity (Wildman–Crippen MR) is 123 cm³/mol. The van der Waals surface area contributed by atoms with Gasteiger partial charge in [0.1, 0.15) is 11.6 Å². The molecule has 3 nitrogen and oxygen atoms in total. The van der Waals surface area contributed by atoms with Gasteiger partial charge in [0.25, 0.3) is 0 Å². The van der Waals surface area contributed by atoms with E-state index in [1.165, 1.54) is 28.2 Å². The maximum Gasteiger partial charge on any atom is 0.140 e. The van der Waals surface area contributed by atoms with Crippen molar-refractivity contribution in [2.45, 2.75) is 49.7 Å². The van der Waals surface area contributed by atoms with Crippen LogP contribution in [0.25, 0.3) is 11.8 Å². The molecular formula is C26H25FN2OS. The fourth-order valence-corrected chi connectivity index (χ4v) is 6.22. The second-order valence-electron chi connectivity index (χ2n) is 8.72. The lowest BCUT2D eigenvalue weighted by molar-refractivity contribution is -0.125. The van der Waals surface area contributed by atoms with E-state index in [0.29, 0.717) is 11.7 Å². The number of carbonyl (C=O) groups is 1. The predicted octanol–water partition coefficient (Wildman–Crippen LogP) is 6.18. The van der Waals surface area contributed by atoms with Crippen molar-refractivity contribution < 1.29 is 9.18 Å². The summed E-state index contributed by atoms with van der Waals surface area (Å²) in [5, 5.41) is 4.99. The van der Waals surface area contributed by atoms with Gasteiger partial charge in [-0.3, -0.25) is 4.79 Å². The van der Waals surface area contributed by atoms with Crippen molar-refractivity contribution >= 4 is 23.6 Å². The summed E-state index contributed by atoms with van der Waals surface area (Å²) in [6.45, 7) is 3.84. The van der Waals surface area contributed by atoms with Crippen LogP contribution in [0, 0.1) is 18.2 Å². The number of hydrogen-bond acceptors (Lipinski definition) is 3. The van der Waals surface area contributed by atoms with Crippen LogP contribution in [0.1, 0.15) is 43.0 Å². The van der Waals surface area contributed by atoms with Crippen LogP contribution in [0.3, 0.4) is 0 Å². The standard InChI is InChI=1S/C26H25FN2OS/c1-17-3-10-23(11-4-17)31-24-12-5-20-13-25-19(14-26(20,15-24)18(2)30)16-28-29(25)22-8-6-21(27)7-9-22/h3-4,6-11,13,16,24H,5,12,14-15H2,1-2H3/t24?,26-/m1/s1. The Labute approximate surface area is 186 Å². The fourth-order valence-electron chi connectivity index (χ4n) is 4.94. The van der Waals surface area contributed by atoms with E-state index >= 15 is 0 Å². The highest BCUT2D eigenvalue weighted by Gasteiger charge is 2.47. The van der Waals surface area contributed by atoms with E-state index in [2.05, 4.69) is 42.4 Å². The zero-order chi connectivity index (χ0) is 21.6. The molecule has 0 N–H and O–H groups in total. The number of aromatic nitrogens is 2. The van der Waals surface area contributed by atoms with Crippen molar-refractivity contribution in [1.29, 1.82) is 0 Å². The zero-order valence-electron chi connectivity index (χ0n) is 17.8. The van der Waals surface area contributed by atoms with Crippen LogP contribution >= 0.6 is 11.8 Å². The minimum absolute atomic E-state index is 0.244. The molecule has 2 aliphatic rings. The van der Waals surface area contributed by atoms with Gasteiger partial charge in [-0.2, -0.15) is 5.10 Å². The quantitative estimate of drug-likeness (QED) is 0.494. The van der Waals surface area contributed by atoms with Crippen molar-refractivity contribution in [1.82, 2.24) is 9.78 Å². The van der Waals surface area contributed by atoms with Crippen LogP contribution in [0.15, 0.2) is 65.2 Å². The summed E-state index contributed by atoms with van der Waals surface area (Å²) >= 11 is 1.89. The topological polar surface area (TPSA) is 34.9 Å². The number of carbonyl (C=O) groups excluding carboxylic acids is 1. The van der Waals surface area contributed by atoms with E-state index in [4.69, 9.17) is 0 Å². The van der Waals surface area contributed by atoms with Gasteiger partial charge >= 0.3 is 0 Å². The molecule has 1 saturated carbocycles. The van der Waals surface area contributed by atoms with Crippen LogP contribution < -0.4 is 0 Å². The molecule has 0 amide bonds. The number of thioether (sulfide) groups is 1. The van der Waals surface area contributed by atoms with Gasteiger partial charge in [0.15, 0.2) is 0 Å². The summed E-state index contributed by atoms with van der Waals surface area (Å²) in [5.41, 5.74) is 4.98. The van der Waals surface area contributed by atoms with Crippen LogP contribution in [-0.2, 0) is 11.2 Å². The molecule has 0 bridgehead atoms. The largest absolute Gasteiger partial charge is 0.299 e. The van der Waals surface area contributed by atoms with E-state index in [9.17, 15) is 9.18 Å². The molecule has 1 fully saturated rings. The normalized spacial score (nSPS) is 22.4. The van der Waals surface area contributed by atoms with Gasteiger partial charge < -0.3 is 0 Å². The van der Waals surface area contributed by atoms with E-state index in [0.717, 1.165) is 36.2 Å². The Hall–Kier alpha value is -2.66. The molecule has 0 spiro atoms. The van der Waals surface area contributed by atoms with Gasteiger partial charge in [0.2, 0.25) is 0 Å². The molecule has 2 atom stereocenters. The molecule has 0 radical (unpaired) electrons. The number of rotatable bonds is 4. The Balaban J connectivity index is 1.46. The molecule has 158 valence electrons. The number of benzene rings is 2. The highest BCUT2D eigenvalue weighted by Crippen LogP contribution is 2.52. The van der Waals surface area contributed by atoms with Crippen LogP contribution in [0.2, 0.25) is 0 Å². The lowest BCUT2D eigenvalue weighted by atomic mass is 9.62. The molecule has 2 aliphatic carbocycles. The summed E-state index contributed by atoms with van der Waals surface area (Å²) in [7, 11) is 0. The van der Waals surface area contributed by atoms with E-state index in [1.807, 2.05) is 22.6 Å². The average molecular weight is 433 g/mol. The summed E-state index contributed by atoms with van der Waals surface area (Å²) < 4.78 is 15.2. The zero-order valence-corrected chi connectivity index (χ0v) is 18.6. The molecule has 0 aliphatic heterocycles. The molecule has 5 heteroatoms. The smallest absolute Gasteiger partial charge is 0.140 e. The first-order chi connectivity index (χ1) is 14.9. The molecule has 5 rings (SSSR count). The number of Topliss-reactive ketones (excluding diaryl/α,β-unsaturated/α-hetero) is 1. The fraction of sp³-hybridized carbons (Fsp3) is 0.308. The van der Waals surface area contributed by atoms with Gasteiger partial charge in [-0.15, -0.1) is 11.8 Å². The molecule has 31 heavy (non-hydrogen) atoms. The lowest BCUT2D eigenvalue weighted by Crippen LogP contribution is -2.41. The third-order valence-electron chi connectivity index (χ3n) is 6.68. The van der Waals surface area contributed by atoms with Gasteiger partial charge in [0.05, 0.1) is 23.0 Å². The number of allylic oxidation sites excluding steroid dienone is 1. The summed E-state index contributed by atoms with van der Waals surface area (Å²) in [6.07, 6.45) is 7.55. The van der Waals surface area contributed by atoms with E-state index in [1.54, 1.807) is 19.1 Å². The Morgan fingerprint density at radius 3 is 2.61 bits per heavy atom. The van der Waals surface area contributed by atoms with Gasteiger partial charge in [0, 0.05) is 10.1 Å². The summed E-state index contributed by atoms with van der Waals surface area (Å²) in [5.74, 6) is -0.0173. The van der Waals surface area contributed by atoms with Crippen molar-refractivity contribution in [3.05, 3.63) is 82.9 Å². The number of nitrogens with zero attached hydrogens (tertiary/aromatic N) is 2. The van der Waals surface area contributed by atoms with E-state index in [-0.39, 0.29) is 11.6 Å². The van der Waals surface area contributed by atoms with Crippen molar-refractivity contribution in [3.8, 4) is 5.69 Å². The van der Waals surface area contributed by atoms with Crippen molar-refractivity contribution in [2.24, 2.45) is 5.41 Å². The maximum absolute atomic E-state index is 13.4. The number of aryl methyl sites for hydroxylation is 1. The molecular weight excluding hydrogens is 407 g/mol. The Morgan fingerprint density at radius 1 is 1.16 bits per heavy atom. The first-order valence-electron chi connectivity index (χ1n) is 10.7. The molecule has 3 aromatic rings. The second-order valence-corrected chi connectivity index (χ2v) is 10.1. The van der Waals surface area contributed by atoms with Crippen LogP contribution in [0.5, 0.6) is 0 Å². The Kier molecular flexibility index (Phi) is 5.09. The second kappa shape index (κ2) is 7.79. The van der Waals surface area contributed by atoms with Crippen molar-refractivity contribution in [2.75, 3.05) is 0 Å². The summed E-state index contributed by atoms with van der Waals surface area (Å²) in [4.78, 5) is 14.3. The molecule has 1 aromatic heterocycles. The number of hydrogen-bond donors (Lipinski definition) is 0. The molecule has 1 unspecified atom stereocenters. The number of halogens is 1. The Morgan fingerprint density at radius 2 is 1.90 bits per heavy atom. The average Bonchev–Trinajstić information content (AvgIpc) is 3.16. The minimum atomic E-state index is -0.440. The lowest BCUT2D eigenvalue weighted by Gasteiger charge is -2.43. The van der Waals surface area contributed by atoms with Gasteiger partial charge in [-0.1, -0.05) is 23.3 Å². The first-order valence-corrected chi connectivity index (χ1v) is 11.6. The van der Waals surface area contributed by atoms with Crippen LogP contribution in [-0.4, -0.2) is 20.8 Å². The SMILES string of the molecule is CC(=O)[C@]12Cc3cnn(-c4ccc(F)cc4)c3C=C1CCC(Sc1ccc(C)cc1)C2. The monoisotopic (exact) mass is 432 g/mol. The first kappa shape index (κ1) is 20.3. The third kappa shape index (κ3) is 3.65. The highest BCUT2D eigenvalue weighted by molar-refractivity contribution is 8.00. The maximum atomic E-state index is 13.4. The molecule has 2 aromatic carbocycles. The van der Waals surface area contributed by atoms with Crippen molar-refractivity contribution in [3.63, 3.8) is 0 Å². The number of ketones is 1. The Bertz CT molecular complexity index is 1160. The van der Waals surface area contributed by atoms with Crippen LogP contribution in [0.4, 0.5) is 4.39 Å². The van der Waals surface area contributed by atoms with Gasteiger partial charge in [-0.05, 0) is 87.6 Å². The number of fused-ring (bicyclic) bond motifs is 2. The third-order valence-corrected chi connectivity index (χ3v) is 7.96. The minimum Gasteiger partial charge on any atom is -0.299 e. The molecule has 0 saturated heterocycles. The molecule has 1 heterocycles. The van der Waals surface area contributed by atoms with Gasteiger partial charge in [-0.25, -0.2) is 9.07 Å². The summed E-state index contributed by atoms with van der Waals surface area (Å²) in [6, 6.07) is 15.0. The highest BCUT2D eigenvalue weighted by atomic mass is 32.2. The van der Waals surface area contributed by atoms with E-state index < -0.39 is 5.41 Å².